The van der Waals surface area contributed by atoms with Crippen LogP contribution in [0, 0.1) is 5.92 Å². The quantitative estimate of drug-likeness (QED) is 0.730. The van der Waals surface area contributed by atoms with Crippen molar-refractivity contribution in [2.45, 2.75) is 26.2 Å². The minimum Gasteiger partial charge on any atom is -0.296 e. The summed E-state index contributed by atoms with van der Waals surface area (Å²) in [7, 11) is 0. The fourth-order valence-electron chi connectivity index (χ4n) is 2.35. The molecule has 0 N–H and O–H groups in total. The van der Waals surface area contributed by atoms with Crippen LogP contribution < -0.4 is 0 Å². The van der Waals surface area contributed by atoms with E-state index in [0.717, 1.165) is 19.0 Å². The van der Waals surface area contributed by atoms with Crippen molar-refractivity contribution < 1.29 is 4.79 Å². The predicted octanol–water partition coefficient (Wildman–Crippen LogP) is 4.30. The van der Waals surface area contributed by atoms with Gasteiger partial charge in [0.25, 0.3) is 0 Å². The van der Waals surface area contributed by atoms with Crippen molar-refractivity contribution in [3.05, 3.63) is 33.8 Å². The summed E-state index contributed by atoms with van der Waals surface area (Å²) in [6.07, 6.45) is 3.92. The third kappa shape index (κ3) is 3.95. The zero-order valence-electron chi connectivity index (χ0n) is 11.2. The highest BCUT2D eigenvalue weighted by Gasteiger charge is 2.22. The fourth-order valence-corrected chi connectivity index (χ4v) is 2.74. The SMILES string of the molecule is CCN(CC(=O)c1cc(Cl)ccc1Cl)CC1CCC1. The fraction of sp³-hybridized carbons (Fsp3) is 0.533. The Labute approximate surface area is 124 Å². The monoisotopic (exact) mass is 299 g/mol. The molecule has 0 unspecified atom stereocenters. The molecule has 0 heterocycles. The van der Waals surface area contributed by atoms with Crippen LogP contribution in [-0.2, 0) is 0 Å². The maximum Gasteiger partial charge on any atom is 0.178 e. The lowest BCUT2D eigenvalue weighted by molar-refractivity contribution is 0.0905. The number of Topliss-reactive ketones (excluding diaryl/α,β-unsaturated/α-hetero) is 1. The third-order valence-corrected chi connectivity index (χ3v) is 4.35. The van der Waals surface area contributed by atoms with Crippen LogP contribution in [-0.4, -0.2) is 30.3 Å². The minimum atomic E-state index is 0.0497. The molecule has 1 aliphatic carbocycles. The average molecular weight is 300 g/mol. The predicted molar refractivity (Wildman–Crippen MR) is 80.2 cm³/mol. The maximum absolute atomic E-state index is 12.3. The van der Waals surface area contributed by atoms with Crippen LogP contribution in [0.5, 0.6) is 0 Å². The van der Waals surface area contributed by atoms with Gasteiger partial charge in [0.2, 0.25) is 0 Å². The summed E-state index contributed by atoms with van der Waals surface area (Å²) in [5.41, 5.74) is 0.529. The van der Waals surface area contributed by atoms with Crippen LogP contribution in [0.1, 0.15) is 36.5 Å². The zero-order chi connectivity index (χ0) is 13.8. The van der Waals surface area contributed by atoms with Gasteiger partial charge >= 0.3 is 0 Å². The Morgan fingerprint density at radius 1 is 1.37 bits per heavy atom. The van der Waals surface area contributed by atoms with Gasteiger partial charge in [-0.1, -0.05) is 36.5 Å². The molecule has 0 saturated heterocycles. The maximum atomic E-state index is 12.3. The minimum absolute atomic E-state index is 0.0497. The van der Waals surface area contributed by atoms with Gasteiger partial charge in [-0.05, 0) is 43.5 Å². The Kier molecular flexibility index (Phi) is 5.26. The molecule has 2 nitrogen and oxygen atoms in total. The number of halogens is 2. The molecule has 0 radical (unpaired) electrons. The number of likely N-dealkylation sites (N-methyl/N-ethyl adjacent to an activating group) is 1. The van der Waals surface area contributed by atoms with E-state index in [2.05, 4.69) is 11.8 Å². The van der Waals surface area contributed by atoms with Gasteiger partial charge in [0, 0.05) is 17.1 Å². The molecule has 104 valence electrons. The highest BCUT2D eigenvalue weighted by molar-refractivity contribution is 6.36. The van der Waals surface area contributed by atoms with Crippen molar-refractivity contribution in [1.29, 1.82) is 0 Å². The molecule has 1 aromatic rings. The summed E-state index contributed by atoms with van der Waals surface area (Å²) >= 11 is 12.0. The highest BCUT2D eigenvalue weighted by Crippen LogP contribution is 2.27. The second-order valence-corrected chi connectivity index (χ2v) is 6.02. The second-order valence-electron chi connectivity index (χ2n) is 5.17. The van der Waals surface area contributed by atoms with E-state index in [1.165, 1.54) is 19.3 Å². The molecule has 1 fully saturated rings. The van der Waals surface area contributed by atoms with Gasteiger partial charge in [-0.2, -0.15) is 0 Å². The largest absolute Gasteiger partial charge is 0.296 e. The van der Waals surface area contributed by atoms with Crippen LogP contribution in [0.25, 0.3) is 0 Å². The number of carbonyl (C=O) groups is 1. The Balaban J connectivity index is 1.99. The second kappa shape index (κ2) is 6.74. The van der Waals surface area contributed by atoms with Gasteiger partial charge in [0.05, 0.1) is 11.6 Å². The van der Waals surface area contributed by atoms with Crippen molar-refractivity contribution in [1.82, 2.24) is 4.90 Å². The zero-order valence-corrected chi connectivity index (χ0v) is 12.7. The summed E-state index contributed by atoms with van der Waals surface area (Å²) in [6, 6.07) is 5.04. The Morgan fingerprint density at radius 3 is 2.68 bits per heavy atom. The summed E-state index contributed by atoms with van der Waals surface area (Å²) in [5.74, 6) is 0.816. The Hall–Kier alpha value is -0.570. The summed E-state index contributed by atoms with van der Waals surface area (Å²) in [5, 5.41) is 1.03. The number of benzene rings is 1. The highest BCUT2D eigenvalue weighted by atomic mass is 35.5. The van der Waals surface area contributed by atoms with E-state index in [1.54, 1.807) is 18.2 Å². The Bertz CT molecular complexity index is 457. The third-order valence-electron chi connectivity index (χ3n) is 3.78. The lowest BCUT2D eigenvalue weighted by Gasteiger charge is -2.31. The molecule has 2 rings (SSSR count). The standard InChI is InChI=1S/C15H19Cl2NO/c1-2-18(9-11-4-3-5-11)10-15(19)13-8-12(16)6-7-14(13)17/h6-8,11H,2-5,9-10H2,1H3. The van der Waals surface area contributed by atoms with Gasteiger partial charge in [0.15, 0.2) is 5.78 Å². The topological polar surface area (TPSA) is 20.3 Å². The molecule has 1 aliphatic rings. The molecule has 0 aliphatic heterocycles. The first-order chi connectivity index (χ1) is 9.10. The normalized spacial score (nSPS) is 15.6. The van der Waals surface area contributed by atoms with E-state index in [0.29, 0.717) is 22.2 Å². The first-order valence-corrected chi connectivity index (χ1v) is 7.56. The van der Waals surface area contributed by atoms with Crippen molar-refractivity contribution in [3.63, 3.8) is 0 Å². The van der Waals surface area contributed by atoms with Gasteiger partial charge in [0.1, 0.15) is 0 Å². The van der Waals surface area contributed by atoms with Crippen LogP contribution in [0.4, 0.5) is 0 Å². The number of rotatable bonds is 6. The molecule has 0 atom stereocenters. The van der Waals surface area contributed by atoms with Gasteiger partial charge < -0.3 is 0 Å². The molecule has 0 aromatic heterocycles. The molecular weight excluding hydrogens is 281 g/mol. The average Bonchev–Trinajstić information content (AvgIpc) is 2.34. The van der Waals surface area contributed by atoms with E-state index in [1.807, 2.05) is 0 Å². The molecule has 19 heavy (non-hydrogen) atoms. The molecule has 0 bridgehead atoms. The van der Waals surface area contributed by atoms with Crippen LogP contribution in [0.3, 0.4) is 0 Å². The van der Waals surface area contributed by atoms with E-state index in [9.17, 15) is 4.79 Å². The first kappa shape index (κ1) is 14.8. The molecule has 0 spiro atoms. The van der Waals surface area contributed by atoms with E-state index in [-0.39, 0.29) is 5.78 Å². The summed E-state index contributed by atoms with van der Waals surface area (Å²) in [6.45, 7) is 4.42. The number of hydrogen-bond donors (Lipinski definition) is 0. The van der Waals surface area contributed by atoms with E-state index in [4.69, 9.17) is 23.2 Å². The van der Waals surface area contributed by atoms with Crippen molar-refractivity contribution in [2.75, 3.05) is 19.6 Å². The van der Waals surface area contributed by atoms with Crippen molar-refractivity contribution in [3.8, 4) is 0 Å². The number of carbonyl (C=O) groups excluding carboxylic acids is 1. The lowest BCUT2D eigenvalue weighted by Crippen LogP contribution is -2.36. The molecule has 4 heteroatoms. The summed E-state index contributed by atoms with van der Waals surface area (Å²) < 4.78 is 0. The number of hydrogen-bond acceptors (Lipinski definition) is 2. The molecule has 1 saturated carbocycles. The molecule has 1 aromatic carbocycles. The van der Waals surface area contributed by atoms with E-state index < -0.39 is 0 Å². The number of ketones is 1. The van der Waals surface area contributed by atoms with Crippen molar-refractivity contribution >= 4 is 29.0 Å². The Morgan fingerprint density at radius 2 is 2.11 bits per heavy atom. The van der Waals surface area contributed by atoms with Gasteiger partial charge in [-0.15, -0.1) is 0 Å². The smallest absolute Gasteiger partial charge is 0.178 e. The number of nitrogens with zero attached hydrogens (tertiary/aromatic N) is 1. The summed E-state index contributed by atoms with van der Waals surface area (Å²) in [4.78, 5) is 14.5. The molecular formula is C15H19Cl2NO. The lowest BCUT2D eigenvalue weighted by atomic mass is 9.85. The van der Waals surface area contributed by atoms with Crippen LogP contribution >= 0.6 is 23.2 Å². The van der Waals surface area contributed by atoms with Crippen LogP contribution in [0.2, 0.25) is 10.0 Å². The van der Waals surface area contributed by atoms with Gasteiger partial charge in [-0.3, -0.25) is 9.69 Å². The first-order valence-electron chi connectivity index (χ1n) is 6.80. The van der Waals surface area contributed by atoms with E-state index >= 15 is 0 Å². The van der Waals surface area contributed by atoms with Crippen LogP contribution in [0.15, 0.2) is 18.2 Å². The van der Waals surface area contributed by atoms with Crippen molar-refractivity contribution in [2.24, 2.45) is 5.92 Å². The van der Waals surface area contributed by atoms with Gasteiger partial charge in [-0.25, -0.2) is 0 Å². The molecule has 0 amide bonds.